The number of nitrogens with one attached hydrogen (secondary N) is 3. The highest BCUT2D eigenvalue weighted by Crippen LogP contribution is 2.28. The molecule has 0 aliphatic rings. The third-order valence-electron chi connectivity index (χ3n) is 11.0. The number of imidazole rings is 3. The molecule has 12 heteroatoms. The molecule has 3 N–H and O–H groups in total. The molecule has 0 fully saturated rings. The van der Waals surface area contributed by atoms with Crippen LogP contribution < -0.4 is 5.32 Å². The Morgan fingerprint density at radius 1 is 0.482 bits per heavy atom. The lowest BCUT2D eigenvalue weighted by molar-refractivity contribution is -0.124. The van der Waals surface area contributed by atoms with Crippen LogP contribution in [0.25, 0.3) is 43.4 Å². The lowest BCUT2D eigenvalue weighted by Crippen LogP contribution is -2.33. The van der Waals surface area contributed by atoms with Crippen molar-refractivity contribution < 1.29 is 9.21 Å². The van der Waals surface area contributed by atoms with E-state index in [-0.39, 0.29) is 17.9 Å². The average molecular weight is 1160 g/mol. The van der Waals surface area contributed by atoms with Gasteiger partial charge in [-0.3, -0.25) is 4.79 Å². The smallest absolute Gasteiger partial charge is 0.222 e. The molecule has 0 spiro atoms. The number of carbonyl (C=O) groups is 1. The Morgan fingerprint density at radius 3 is 1.39 bits per heavy atom. The van der Waals surface area contributed by atoms with Crippen molar-refractivity contribution in [1.82, 2.24) is 44.8 Å². The first-order valence-electron chi connectivity index (χ1n) is 30.7. The average Bonchev–Trinajstić information content (AvgIpc) is 4.16. The molecule has 83 heavy (non-hydrogen) atoms. The predicted molar refractivity (Wildman–Crippen MR) is 363 cm³/mol. The number of amides is 1. The highest BCUT2D eigenvalue weighted by molar-refractivity contribution is 7.18. The molecule has 460 valence electrons. The van der Waals surface area contributed by atoms with Crippen molar-refractivity contribution in [2.45, 2.75) is 235 Å². The first kappa shape index (κ1) is 74.9. The summed E-state index contributed by atoms with van der Waals surface area (Å²) < 4.78 is 9.14. The zero-order chi connectivity index (χ0) is 63.3. The van der Waals surface area contributed by atoms with Gasteiger partial charge in [-0.25, -0.2) is 24.9 Å². The van der Waals surface area contributed by atoms with E-state index in [1.165, 1.54) is 26.7 Å². The minimum Gasteiger partial charge on any atom is -0.440 e. The molecule has 5 heterocycles. The molecule has 0 unspecified atom stereocenters. The van der Waals surface area contributed by atoms with Crippen molar-refractivity contribution in [2.75, 3.05) is 0 Å². The normalized spacial score (nSPS) is 11.0. The van der Waals surface area contributed by atoms with Gasteiger partial charge in [-0.15, -0.1) is 11.3 Å². The number of aromatic nitrogens is 8. The zero-order valence-corrected chi connectivity index (χ0v) is 57.5. The third-order valence-corrected chi connectivity index (χ3v) is 12.3. The van der Waals surface area contributed by atoms with Gasteiger partial charge < -0.3 is 24.3 Å². The number of nitrogens with zero attached hydrogens (tertiary/aromatic N) is 6. The molecule has 0 saturated carbocycles. The van der Waals surface area contributed by atoms with Gasteiger partial charge in [0.2, 0.25) is 5.91 Å². The van der Waals surface area contributed by atoms with Crippen molar-refractivity contribution >= 4 is 60.6 Å². The number of benzene rings is 4. The second-order valence-corrected chi connectivity index (χ2v) is 26.8. The van der Waals surface area contributed by atoms with Crippen molar-refractivity contribution in [1.29, 1.82) is 0 Å². The fourth-order valence-corrected chi connectivity index (χ4v) is 7.89. The Kier molecular flexibility index (Phi) is 34.9. The number of H-pyrrole nitrogens is 2. The molecule has 1 amide bonds. The molecule has 4 aromatic carbocycles. The maximum Gasteiger partial charge on any atom is 0.222 e. The van der Waals surface area contributed by atoms with Crippen molar-refractivity contribution in [3.8, 4) is 0 Å². The fourth-order valence-electron chi connectivity index (χ4n) is 6.92. The van der Waals surface area contributed by atoms with E-state index in [1.807, 2.05) is 94.6 Å². The van der Waals surface area contributed by atoms with Gasteiger partial charge in [0.05, 0.1) is 37.3 Å². The van der Waals surface area contributed by atoms with Gasteiger partial charge in [0.25, 0.3) is 0 Å². The number of thiazole rings is 1. The molecule has 0 radical (unpaired) electrons. The van der Waals surface area contributed by atoms with Crippen LogP contribution in [-0.2, 0) is 4.79 Å². The molecule has 5 aromatic heterocycles. The fraction of sp³-hybridized carbons (Fsp3) is 0.549. The van der Waals surface area contributed by atoms with Crippen LogP contribution in [0.5, 0.6) is 0 Å². The zero-order valence-electron chi connectivity index (χ0n) is 56.7. The summed E-state index contributed by atoms with van der Waals surface area (Å²) in [4.78, 5) is 39.7. The van der Waals surface area contributed by atoms with E-state index in [1.54, 1.807) is 11.3 Å². The molecular weight excluding hydrogens is 1040 g/mol. The molecule has 0 aliphatic heterocycles. The van der Waals surface area contributed by atoms with Crippen LogP contribution in [0.1, 0.15) is 263 Å². The Balaban J connectivity index is 0.000000481. The number of para-hydroxylation sites is 7. The number of fused-ring (bicyclic) bond motifs is 4. The summed E-state index contributed by atoms with van der Waals surface area (Å²) in [7, 11) is 0. The summed E-state index contributed by atoms with van der Waals surface area (Å²) in [6.45, 7) is 57.4. The molecule has 9 rings (SSSR count). The minimum absolute atomic E-state index is 0.104. The summed E-state index contributed by atoms with van der Waals surface area (Å²) in [6.07, 6.45) is 1.93. The number of rotatable bonds is 9. The van der Waals surface area contributed by atoms with Gasteiger partial charge in [0, 0.05) is 59.5 Å². The molecule has 9 aromatic rings. The van der Waals surface area contributed by atoms with Gasteiger partial charge in [-0.2, -0.15) is 0 Å². The molecule has 0 aliphatic carbocycles. The van der Waals surface area contributed by atoms with Gasteiger partial charge in [0.1, 0.15) is 23.0 Å². The van der Waals surface area contributed by atoms with E-state index >= 15 is 0 Å². The largest absolute Gasteiger partial charge is 0.440 e. The Morgan fingerprint density at radius 2 is 0.976 bits per heavy atom. The second kappa shape index (κ2) is 38.7. The maximum absolute atomic E-state index is 10.8. The first-order valence-corrected chi connectivity index (χ1v) is 31.6. The summed E-state index contributed by atoms with van der Waals surface area (Å²) in [5.41, 5.74) is 8.72. The SMILES string of the molecule is CC(C)C.CC(C)C.CC(C)C.CC(C)NC(=O)C(C)C.CC(C)c1cnc(C(C)C)[nH]1.CC(C)c1nc2ccccc2[nH]1.CC(C)c1nc2ccccc2n1C(C)C.CC(C)c1nc2ccccc2o1.CC(C)c1nc2ccccc2s1. The third kappa shape index (κ3) is 29.3. The second-order valence-electron chi connectivity index (χ2n) is 25.8. The van der Waals surface area contributed by atoms with E-state index in [9.17, 15) is 4.79 Å². The van der Waals surface area contributed by atoms with Gasteiger partial charge in [-0.05, 0) is 99.9 Å². The van der Waals surface area contributed by atoms with Crippen LogP contribution in [0.4, 0.5) is 0 Å². The highest BCUT2D eigenvalue weighted by Gasteiger charge is 2.15. The summed E-state index contributed by atoms with van der Waals surface area (Å²) >= 11 is 1.79. The van der Waals surface area contributed by atoms with Crippen molar-refractivity contribution in [3.05, 3.63) is 137 Å². The monoisotopic (exact) mass is 1160 g/mol. The van der Waals surface area contributed by atoms with Gasteiger partial charge in [-0.1, -0.05) is 208 Å². The summed E-state index contributed by atoms with van der Waals surface area (Å²) in [6, 6.07) is 33.3. The Hall–Kier alpha value is -6.14. The molecule has 11 nitrogen and oxygen atoms in total. The van der Waals surface area contributed by atoms with Crippen LogP contribution in [0, 0.1) is 23.7 Å². The molecule has 0 saturated heterocycles. The van der Waals surface area contributed by atoms with Crippen LogP contribution in [0.2, 0.25) is 0 Å². The van der Waals surface area contributed by atoms with Crippen LogP contribution in [0.15, 0.2) is 108 Å². The number of carbonyl (C=O) groups excluding carboxylic acids is 1. The minimum atomic E-state index is 0.104. The van der Waals surface area contributed by atoms with E-state index in [0.29, 0.717) is 41.5 Å². The van der Waals surface area contributed by atoms with Crippen molar-refractivity contribution in [3.63, 3.8) is 0 Å². The van der Waals surface area contributed by atoms with E-state index in [0.717, 1.165) is 68.5 Å². The van der Waals surface area contributed by atoms with E-state index < -0.39 is 0 Å². The standard InChI is InChI=1S/C13H18N2.C10H12N2.C10H11NO.C10H11NS.C9H16N2.C7H15NO.3C4H10/c1-9(2)13-14-11-7-5-6-8-12(11)15(13)10(3)4;3*1-7(2)10-11-8-5-3-4-6-9(8)12-10;1-6(2)8-5-10-9(11-8)7(3)4;1-5(2)7(9)8-6(3)4;3*1-4(2)3/h5-10H,1-4H3;3-7H,1-2H3,(H,11,12);2*3-7H,1-2H3;5-7H,1-4H3,(H,10,11);5-6H,1-4H3,(H,8,9);3*4H,1-3H3. The maximum atomic E-state index is 10.8. The lowest BCUT2D eigenvalue weighted by atomic mass is 10.1. The highest BCUT2D eigenvalue weighted by atomic mass is 32.1. The van der Waals surface area contributed by atoms with Crippen molar-refractivity contribution in [2.24, 2.45) is 23.7 Å². The van der Waals surface area contributed by atoms with Crippen LogP contribution in [-0.4, -0.2) is 51.4 Å². The van der Waals surface area contributed by atoms with E-state index in [2.05, 4.69) is 235 Å². The topological polar surface area (TPSA) is 143 Å². The lowest BCUT2D eigenvalue weighted by Gasteiger charge is -2.14. The van der Waals surface area contributed by atoms with Gasteiger partial charge >= 0.3 is 0 Å². The summed E-state index contributed by atoms with van der Waals surface area (Å²) in [5, 5.41) is 4.04. The number of oxazole rings is 1. The Bertz CT molecular complexity index is 2790. The van der Waals surface area contributed by atoms with Gasteiger partial charge in [0.15, 0.2) is 11.5 Å². The van der Waals surface area contributed by atoms with Crippen LogP contribution >= 0.6 is 11.3 Å². The molecule has 0 atom stereocenters. The first-order chi connectivity index (χ1) is 38.8. The predicted octanol–water partition coefficient (Wildman–Crippen LogP) is 21.6. The Labute approximate surface area is 507 Å². The van der Waals surface area contributed by atoms with E-state index in [4.69, 9.17) is 9.40 Å². The molecule has 0 bridgehead atoms. The quantitative estimate of drug-likeness (QED) is 0.131. The number of hydrogen-bond donors (Lipinski definition) is 3. The van der Waals surface area contributed by atoms with Crippen LogP contribution in [0.3, 0.4) is 0 Å². The molecular formula is C71H113N9O2S. The number of hydrogen-bond acceptors (Lipinski definition) is 8. The summed E-state index contributed by atoms with van der Waals surface area (Å²) in [5.74, 6) is 9.79. The number of aromatic amines is 2.